The largest absolute Gasteiger partial charge is 0.489 e. The lowest BCUT2D eigenvalue weighted by molar-refractivity contribution is -0.142. The molecule has 0 bridgehead atoms. The summed E-state index contributed by atoms with van der Waals surface area (Å²) < 4.78 is 20.8. The third kappa shape index (κ3) is 8.75. The summed E-state index contributed by atoms with van der Waals surface area (Å²) in [5.74, 6) is -3.09. The van der Waals surface area contributed by atoms with Crippen molar-refractivity contribution in [2.24, 2.45) is 0 Å². The Labute approximate surface area is 311 Å². The first kappa shape index (κ1) is 38.1. The fraction of sp³-hybridized carbons (Fsp3) is 0.410. The molecule has 0 unspecified atom stereocenters. The van der Waals surface area contributed by atoms with Gasteiger partial charge in [0.1, 0.15) is 50.5 Å². The molecular weight excluding hydrogens is 700 g/mol. The van der Waals surface area contributed by atoms with Crippen LogP contribution in [0.5, 0.6) is 17.2 Å². The van der Waals surface area contributed by atoms with E-state index < -0.39 is 50.1 Å². The van der Waals surface area contributed by atoms with E-state index in [1.165, 1.54) is 20.9 Å². The van der Waals surface area contributed by atoms with E-state index in [1.54, 1.807) is 12.1 Å². The van der Waals surface area contributed by atoms with Gasteiger partial charge in [-0.25, -0.2) is 4.58 Å². The van der Waals surface area contributed by atoms with Gasteiger partial charge in [0.15, 0.2) is 0 Å². The quantitative estimate of drug-likeness (QED) is 0.0895. The van der Waals surface area contributed by atoms with Crippen LogP contribution in [0.1, 0.15) is 35.1 Å². The van der Waals surface area contributed by atoms with Gasteiger partial charge < -0.3 is 44.4 Å². The Bertz CT molecular complexity index is 2070. The number of hydrogen-bond donors (Lipinski definition) is 4. The first-order chi connectivity index (χ1) is 25.9. The maximum absolute atomic E-state index is 11.9. The molecule has 3 aliphatic rings. The molecule has 0 saturated carbocycles. The molecule has 15 heteroatoms. The number of anilines is 2. The number of rotatable bonds is 17. The molecule has 0 atom stereocenters. The topological polar surface area (TPSA) is 190 Å². The summed E-state index contributed by atoms with van der Waals surface area (Å²) in [5, 5.41) is 39.6. The van der Waals surface area contributed by atoms with Crippen LogP contribution in [-0.4, -0.2) is 129 Å². The molecule has 3 aliphatic heterocycles. The molecule has 6 rings (SSSR count). The summed E-state index contributed by atoms with van der Waals surface area (Å²) >= 11 is 0. The molecule has 0 aliphatic carbocycles. The molecule has 0 aromatic heterocycles. The Morgan fingerprint density at radius 1 is 0.815 bits per heavy atom. The maximum atomic E-state index is 11.9. The van der Waals surface area contributed by atoms with Crippen molar-refractivity contribution < 1.29 is 53.8 Å². The minimum Gasteiger partial charge on any atom is -0.489 e. The summed E-state index contributed by atoms with van der Waals surface area (Å²) in [6.45, 7) is -0.106. The van der Waals surface area contributed by atoms with Gasteiger partial charge >= 0.3 is 23.9 Å². The van der Waals surface area contributed by atoms with E-state index in [1.807, 2.05) is 6.07 Å². The lowest BCUT2D eigenvalue weighted by atomic mass is 9.88. The highest BCUT2D eigenvalue weighted by molar-refractivity contribution is 5.89. The minimum absolute atomic E-state index is 0.0202. The molecule has 3 aromatic carbocycles. The van der Waals surface area contributed by atoms with Gasteiger partial charge in [-0.15, -0.1) is 0 Å². The number of carboxylic acids is 4. The Balaban J connectivity index is 1.40. The number of carboxylic acid groups (broad SMARTS) is 4. The number of hydrogen-bond acceptors (Lipinski definition) is 10. The zero-order chi connectivity index (χ0) is 38.5. The number of nitrogens with zero attached hydrogens (tertiary/aromatic N) is 4. The standard InChI is InChI=1S/C39H44N4O11/c1-40-9-3-5-24-15-27-32(18-30(24)40)54-33-19-31-25(6-4-10-41(31)2)16-28(33)39(27)26-7-8-29(43(22-37(48)49)23-38(50)51)34(17-26)53-14-13-52-12-11-42(20-35(44)45)21-36(46)47/h7-8,15-19H,3-6,9-14,20-23H2,1-2H3,(H3-,44,45,46,47,48,49,50,51)/p+1. The lowest BCUT2D eigenvalue weighted by Gasteiger charge is -2.31. The van der Waals surface area contributed by atoms with Crippen molar-refractivity contribution in [2.45, 2.75) is 25.7 Å². The molecule has 54 heavy (non-hydrogen) atoms. The van der Waals surface area contributed by atoms with E-state index in [-0.39, 0.29) is 37.8 Å². The van der Waals surface area contributed by atoms with Gasteiger partial charge in [-0.3, -0.25) is 24.1 Å². The first-order valence-electron chi connectivity index (χ1n) is 17.9. The highest BCUT2D eigenvalue weighted by atomic mass is 16.5. The number of fused-ring (bicyclic) bond motifs is 4. The Hall–Kier alpha value is -5.67. The molecule has 0 radical (unpaired) electrons. The molecule has 0 fully saturated rings. The summed E-state index contributed by atoms with van der Waals surface area (Å²) in [5.41, 5.74) is 6.36. The van der Waals surface area contributed by atoms with Crippen molar-refractivity contribution in [3.63, 3.8) is 0 Å². The molecule has 15 nitrogen and oxygen atoms in total. The zero-order valence-corrected chi connectivity index (χ0v) is 30.4. The predicted molar refractivity (Wildman–Crippen MR) is 198 cm³/mol. The van der Waals surface area contributed by atoms with Crippen molar-refractivity contribution >= 4 is 40.8 Å². The zero-order valence-electron chi connectivity index (χ0n) is 30.4. The Morgan fingerprint density at radius 2 is 1.52 bits per heavy atom. The molecule has 3 aromatic rings. The normalized spacial score (nSPS) is 14.4. The van der Waals surface area contributed by atoms with Crippen LogP contribution in [0.4, 0.5) is 11.4 Å². The molecule has 0 spiro atoms. The summed E-state index contributed by atoms with van der Waals surface area (Å²) in [6, 6.07) is 13.9. The van der Waals surface area contributed by atoms with Crippen LogP contribution in [0.25, 0.3) is 5.57 Å². The second-order valence-corrected chi connectivity index (χ2v) is 13.8. The fourth-order valence-corrected chi connectivity index (χ4v) is 7.43. The molecule has 0 amide bonds. The van der Waals surface area contributed by atoms with Gasteiger partial charge in [0.05, 0.1) is 38.1 Å². The predicted octanol–water partition coefficient (Wildman–Crippen LogP) is 1.33. The van der Waals surface area contributed by atoms with E-state index in [0.29, 0.717) is 11.5 Å². The van der Waals surface area contributed by atoms with Gasteiger partial charge in [0.25, 0.3) is 0 Å². The van der Waals surface area contributed by atoms with E-state index in [9.17, 15) is 29.4 Å². The van der Waals surface area contributed by atoms with Crippen molar-refractivity contribution in [3.8, 4) is 17.2 Å². The number of aliphatic carboxylic acids is 4. The molecule has 4 N–H and O–H groups in total. The van der Waals surface area contributed by atoms with Crippen LogP contribution >= 0.6 is 0 Å². The third-order valence-electron chi connectivity index (χ3n) is 9.82. The smallest absolute Gasteiger partial charge is 0.323 e. The second-order valence-electron chi connectivity index (χ2n) is 13.8. The molecule has 0 saturated heterocycles. The summed E-state index contributed by atoms with van der Waals surface area (Å²) in [4.78, 5) is 50.7. The second kappa shape index (κ2) is 16.6. The summed E-state index contributed by atoms with van der Waals surface area (Å²) in [6.07, 6.45) is 3.87. The van der Waals surface area contributed by atoms with Gasteiger partial charge in [-0.05, 0) is 54.7 Å². The number of aryl methyl sites for hydroxylation is 2. The van der Waals surface area contributed by atoms with Crippen LogP contribution in [-0.2, 0) is 36.8 Å². The number of benzene rings is 3. The van der Waals surface area contributed by atoms with Crippen molar-refractivity contribution in [1.29, 1.82) is 0 Å². The van der Waals surface area contributed by atoms with Crippen LogP contribution in [0.2, 0.25) is 0 Å². The van der Waals surface area contributed by atoms with Crippen LogP contribution in [0.15, 0.2) is 42.5 Å². The van der Waals surface area contributed by atoms with Crippen molar-refractivity contribution in [2.75, 3.05) is 89.5 Å². The highest BCUT2D eigenvalue weighted by Gasteiger charge is 2.28. The lowest BCUT2D eigenvalue weighted by Crippen LogP contribution is -2.37. The van der Waals surface area contributed by atoms with Gasteiger partial charge in [0, 0.05) is 60.2 Å². The SMILES string of the molecule is CN1CCCc2cc3c(cc21)Oc1cc2c(cc1=C3c1ccc(N(CC(=O)O)CC(=O)O)c(OCCOCCN(CC(=O)O)CC(=O)O)c1)CCC[N+]=2C. The van der Waals surface area contributed by atoms with E-state index >= 15 is 0 Å². The third-order valence-corrected chi connectivity index (χ3v) is 9.82. The van der Waals surface area contributed by atoms with Crippen molar-refractivity contribution in [3.05, 3.63) is 75.3 Å². The van der Waals surface area contributed by atoms with E-state index in [2.05, 4.69) is 47.8 Å². The average molecular weight is 746 g/mol. The molecular formula is C39H45N4O11+. The van der Waals surface area contributed by atoms with Crippen LogP contribution in [0, 0.1) is 0 Å². The van der Waals surface area contributed by atoms with Crippen LogP contribution in [0.3, 0.4) is 0 Å². The highest BCUT2D eigenvalue weighted by Crippen LogP contribution is 2.43. The van der Waals surface area contributed by atoms with E-state index in [4.69, 9.17) is 24.4 Å². The Morgan fingerprint density at radius 3 is 2.22 bits per heavy atom. The van der Waals surface area contributed by atoms with E-state index in [0.717, 1.165) is 71.7 Å². The number of carbonyl (C=O) groups is 4. The van der Waals surface area contributed by atoms with Crippen LogP contribution < -0.4 is 34.4 Å². The van der Waals surface area contributed by atoms with Crippen molar-refractivity contribution in [1.82, 2.24) is 9.48 Å². The molecule has 3 heterocycles. The van der Waals surface area contributed by atoms with Gasteiger partial charge in [-0.1, -0.05) is 6.07 Å². The summed E-state index contributed by atoms with van der Waals surface area (Å²) in [7, 11) is 4.15. The molecule has 286 valence electrons. The fourth-order valence-electron chi connectivity index (χ4n) is 7.43. The minimum atomic E-state index is -1.21. The van der Waals surface area contributed by atoms with Gasteiger partial charge in [-0.2, -0.15) is 0 Å². The maximum Gasteiger partial charge on any atom is 0.323 e. The monoisotopic (exact) mass is 745 g/mol. The Kier molecular flexibility index (Phi) is 11.7. The van der Waals surface area contributed by atoms with Gasteiger partial charge in [0.2, 0.25) is 5.36 Å². The first-order valence-corrected chi connectivity index (χ1v) is 17.9. The average Bonchev–Trinajstić information content (AvgIpc) is 3.10. The number of ether oxygens (including phenoxy) is 3.